The molecule has 0 unspecified atom stereocenters. The van der Waals surface area contributed by atoms with Crippen molar-refractivity contribution in [1.82, 2.24) is 10.6 Å². The number of nitrogens with one attached hydrogen (secondary N) is 2. The Balaban J connectivity index is 0.00000338. The zero-order chi connectivity index (χ0) is 18.3. The maximum Gasteiger partial charge on any atom is 0.247 e. The number of guanidine groups is 1. The average Bonchev–Trinajstić information content (AvgIpc) is 3.05. The highest BCUT2D eigenvalue weighted by atomic mass is 127. The van der Waals surface area contributed by atoms with Crippen LogP contribution in [-0.4, -0.2) is 33.7 Å². The third kappa shape index (κ3) is 8.01. The zero-order valence-electron chi connectivity index (χ0n) is 13.9. The molecule has 0 spiro atoms. The monoisotopic (exact) mass is 546 g/mol. The van der Waals surface area contributed by atoms with Crippen molar-refractivity contribution in [3.63, 3.8) is 0 Å². The molecule has 0 amide bonds. The first-order chi connectivity index (χ1) is 11.9. The smallest absolute Gasteiger partial charge is 0.247 e. The van der Waals surface area contributed by atoms with Crippen LogP contribution in [0.25, 0.3) is 0 Å². The summed E-state index contributed by atoms with van der Waals surface area (Å²) in [4.78, 5) is 6.16. The predicted octanol–water partition coefficient (Wildman–Crippen LogP) is 3.12. The lowest BCUT2D eigenvalue weighted by Crippen LogP contribution is -2.37. The van der Waals surface area contributed by atoms with Crippen LogP contribution < -0.4 is 15.8 Å². The molecule has 6 nitrogen and oxygen atoms in total. The number of benzene rings is 1. The summed E-state index contributed by atoms with van der Waals surface area (Å²) in [5.41, 5.74) is 0. The fourth-order valence-corrected chi connectivity index (χ4v) is 4.48. The molecular weight excluding hydrogens is 527 g/mol. The molecule has 0 saturated heterocycles. The quantitative estimate of drug-likeness (QED) is 0.163. The highest BCUT2D eigenvalue weighted by Crippen LogP contribution is 2.20. The fraction of sp³-hybridized carbons (Fsp3) is 0.267. The summed E-state index contributed by atoms with van der Waals surface area (Å²) in [5, 5.41) is 12.2. The van der Waals surface area contributed by atoms with Gasteiger partial charge in [-0.25, -0.2) is 13.6 Å². The van der Waals surface area contributed by atoms with Crippen molar-refractivity contribution in [2.24, 2.45) is 10.1 Å². The zero-order valence-corrected chi connectivity index (χ0v) is 19.5. The van der Waals surface area contributed by atoms with Crippen LogP contribution in [0.4, 0.5) is 0 Å². The van der Waals surface area contributed by atoms with Crippen molar-refractivity contribution in [2.75, 3.05) is 19.3 Å². The second-order valence-corrected chi connectivity index (χ2v) is 9.48. The van der Waals surface area contributed by atoms with Gasteiger partial charge in [-0.3, -0.25) is 4.99 Å². The van der Waals surface area contributed by atoms with E-state index in [1.54, 1.807) is 24.9 Å². The SMILES string of the molecule is CN=C(NCCSc1ccc(Cl)cc1)NCc1ccc(S(N)(=O)=O)s1.I. The Labute approximate surface area is 184 Å². The summed E-state index contributed by atoms with van der Waals surface area (Å²) in [7, 11) is -1.95. The number of hydrogen-bond acceptors (Lipinski definition) is 5. The molecule has 0 aliphatic rings. The molecule has 0 radical (unpaired) electrons. The van der Waals surface area contributed by atoms with Crippen LogP contribution in [0.1, 0.15) is 4.88 Å². The number of hydrogen-bond donors (Lipinski definition) is 3. The second kappa shape index (κ2) is 11.3. The van der Waals surface area contributed by atoms with E-state index < -0.39 is 10.0 Å². The standard InChI is InChI=1S/C15H19ClN4O2S3.HI/c1-18-15(19-8-9-23-12-4-2-11(16)3-5-12)20-10-13-6-7-14(24-13)25(17,21)22;/h2-7H,8-10H2,1H3,(H2,17,21,22)(H2,18,19,20);1H. The van der Waals surface area contributed by atoms with Gasteiger partial charge in [0.15, 0.2) is 5.96 Å². The third-order valence-corrected chi connectivity index (χ3v) is 6.84. The number of thiophene rings is 1. The van der Waals surface area contributed by atoms with Crippen LogP contribution in [0.5, 0.6) is 0 Å². The van der Waals surface area contributed by atoms with Crippen LogP contribution in [0, 0.1) is 0 Å². The molecule has 1 heterocycles. The molecule has 4 N–H and O–H groups in total. The molecule has 0 bridgehead atoms. The Morgan fingerprint density at radius 1 is 1.23 bits per heavy atom. The molecule has 2 aromatic rings. The lowest BCUT2D eigenvalue weighted by molar-refractivity contribution is 0.600. The minimum absolute atomic E-state index is 0. The molecule has 0 aliphatic carbocycles. The van der Waals surface area contributed by atoms with Gasteiger partial charge in [0.2, 0.25) is 10.0 Å². The Morgan fingerprint density at radius 3 is 2.50 bits per heavy atom. The highest BCUT2D eigenvalue weighted by Gasteiger charge is 2.11. The largest absolute Gasteiger partial charge is 0.356 e. The first kappa shape index (κ1) is 23.5. The molecular formula is C15H20ClIN4O2S3. The molecule has 1 aromatic heterocycles. The number of aliphatic imine (C=N–C) groups is 1. The molecule has 26 heavy (non-hydrogen) atoms. The van der Waals surface area contributed by atoms with E-state index >= 15 is 0 Å². The van der Waals surface area contributed by atoms with Gasteiger partial charge in [0.1, 0.15) is 4.21 Å². The van der Waals surface area contributed by atoms with Gasteiger partial charge in [-0.2, -0.15) is 0 Å². The minimum Gasteiger partial charge on any atom is -0.356 e. The maximum atomic E-state index is 11.3. The summed E-state index contributed by atoms with van der Waals surface area (Å²) in [6.07, 6.45) is 0. The van der Waals surface area contributed by atoms with E-state index in [1.165, 1.54) is 6.07 Å². The van der Waals surface area contributed by atoms with E-state index in [-0.39, 0.29) is 28.2 Å². The Kier molecular flexibility index (Phi) is 10.3. The van der Waals surface area contributed by atoms with Gasteiger partial charge in [0.05, 0.1) is 6.54 Å². The minimum atomic E-state index is -3.64. The molecule has 0 atom stereocenters. The fourth-order valence-electron chi connectivity index (χ4n) is 1.87. The van der Waals surface area contributed by atoms with Crippen LogP contribution in [0.15, 0.2) is 50.5 Å². The Bertz CT molecular complexity index is 826. The van der Waals surface area contributed by atoms with E-state index in [4.69, 9.17) is 16.7 Å². The summed E-state index contributed by atoms with van der Waals surface area (Å²) >= 11 is 8.73. The maximum absolute atomic E-state index is 11.3. The second-order valence-electron chi connectivity index (χ2n) is 4.92. The number of primary sulfonamides is 1. The van der Waals surface area contributed by atoms with Crippen LogP contribution >= 0.6 is 58.7 Å². The van der Waals surface area contributed by atoms with Crippen molar-refractivity contribution in [2.45, 2.75) is 15.6 Å². The average molecular weight is 547 g/mol. The summed E-state index contributed by atoms with van der Waals surface area (Å²) in [5.74, 6) is 1.53. The van der Waals surface area contributed by atoms with E-state index in [1.807, 2.05) is 24.3 Å². The van der Waals surface area contributed by atoms with E-state index in [2.05, 4.69) is 15.6 Å². The lowest BCUT2D eigenvalue weighted by Gasteiger charge is -2.11. The van der Waals surface area contributed by atoms with Gasteiger partial charge >= 0.3 is 0 Å². The number of halogens is 2. The molecule has 0 saturated carbocycles. The predicted molar refractivity (Wildman–Crippen MR) is 121 cm³/mol. The first-order valence-electron chi connectivity index (χ1n) is 7.33. The summed E-state index contributed by atoms with van der Waals surface area (Å²) in [6, 6.07) is 11.0. The first-order valence-corrected chi connectivity index (χ1v) is 11.1. The van der Waals surface area contributed by atoms with Gasteiger partial charge in [-0.1, -0.05) is 11.6 Å². The van der Waals surface area contributed by atoms with Crippen molar-refractivity contribution >= 4 is 74.7 Å². The van der Waals surface area contributed by atoms with Gasteiger partial charge in [-0.15, -0.1) is 47.1 Å². The number of rotatable bonds is 7. The van der Waals surface area contributed by atoms with E-state index in [9.17, 15) is 8.42 Å². The molecule has 1 aromatic carbocycles. The van der Waals surface area contributed by atoms with Gasteiger partial charge < -0.3 is 10.6 Å². The molecule has 2 rings (SSSR count). The van der Waals surface area contributed by atoms with Crippen molar-refractivity contribution < 1.29 is 8.42 Å². The van der Waals surface area contributed by atoms with Gasteiger partial charge in [0, 0.05) is 34.1 Å². The van der Waals surface area contributed by atoms with Crippen molar-refractivity contribution in [3.8, 4) is 0 Å². The van der Waals surface area contributed by atoms with E-state index in [0.29, 0.717) is 12.5 Å². The molecule has 11 heteroatoms. The van der Waals surface area contributed by atoms with Crippen LogP contribution in [0.2, 0.25) is 5.02 Å². The molecule has 144 valence electrons. The van der Waals surface area contributed by atoms with Crippen molar-refractivity contribution in [3.05, 3.63) is 46.3 Å². The van der Waals surface area contributed by atoms with E-state index in [0.717, 1.165) is 38.4 Å². The number of thioether (sulfide) groups is 1. The Morgan fingerprint density at radius 2 is 1.92 bits per heavy atom. The third-order valence-electron chi connectivity index (χ3n) is 3.05. The number of sulfonamides is 1. The summed E-state index contributed by atoms with van der Waals surface area (Å²) < 4.78 is 22.7. The summed E-state index contributed by atoms with van der Waals surface area (Å²) in [6.45, 7) is 1.21. The topological polar surface area (TPSA) is 96.6 Å². The normalized spacial score (nSPS) is 11.7. The molecule has 0 fully saturated rings. The van der Waals surface area contributed by atoms with Crippen molar-refractivity contribution in [1.29, 1.82) is 0 Å². The molecule has 0 aliphatic heterocycles. The highest BCUT2D eigenvalue weighted by molar-refractivity contribution is 14.0. The van der Waals surface area contributed by atoms with Gasteiger partial charge in [0.25, 0.3) is 0 Å². The van der Waals surface area contributed by atoms with Crippen LogP contribution in [0.3, 0.4) is 0 Å². The van der Waals surface area contributed by atoms with Crippen LogP contribution in [-0.2, 0) is 16.6 Å². The number of nitrogens with zero attached hydrogens (tertiary/aromatic N) is 1. The number of nitrogens with two attached hydrogens (primary N) is 1. The lowest BCUT2D eigenvalue weighted by atomic mass is 10.4. The van der Waals surface area contributed by atoms with Gasteiger partial charge in [-0.05, 0) is 36.4 Å². The Hall–Kier alpha value is -0.530.